The number of aromatic nitrogens is 2. The molecule has 0 unspecified atom stereocenters. The van der Waals surface area contributed by atoms with Crippen molar-refractivity contribution in [1.29, 1.82) is 0 Å². The molecule has 2 aromatic heterocycles. The maximum atomic E-state index is 5.82. The third-order valence-corrected chi connectivity index (χ3v) is 4.02. The van der Waals surface area contributed by atoms with Crippen LogP contribution < -0.4 is 5.73 Å². The molecule has 0 aliphatic heterocycles. The van der Waals surface area contributed by atoms with E-state index >= 15 is 0 Å². The first-order chi connectivity index (χ1) is 8.78. The summed E-state index contributed by atoms with van der Waals surface area (Å²) in [6.07, 6.45) is 2.11. The van der Waals surface area contributed by atoms with Gasteiger partial charge in [0.15, 0.2) is 0 Å². The van der Waals surface area contributed by atoms with Crippen LogP contribution in [0.1, 0.15) is 16.3 Å². The highest BCUT2D eigenvalue weighted by molar-refractivity contribution is 7.09. The summed E-state index contributed by atoms with van der Waals surface area (Å²) in [6, 6.07) is 8.40. The van der Waals surface area contributed by atoms with Gasteiger partial charge in [-0.2, -0.15) is 0 Å². The Labute approximate surface area is 110 Å². The van der Waals surface area contributed by atoms with E-state index < -0.39 is 0 Å². The van der Waals surface area contributed by atoms with Gasteiger partial charge in [0.05, 0.1) is 12.1 Å². The molecule has 3 nitrogen and oxygen atoms in total. The van der Waals surface area contributed by atoms with Gasteiger partial charge in [-0.3, -0.25) is 0 Å². The fraction of sp³-hybridized carbons (Fsp3) is 0.214. The minimum Gasteiger partial charge on any atom is -0.340 e. The largest absolute Gasteiger partial charge is 0.340 e. The van der Waals surface area contributed by atoms with Crippen LogP contribution >= 0.6 is 11.3 Å². The topological polar surface area (TPSA) is 43.8 Å². The highest BCUT2D eigenvalue weighted by atomic mass is 32.1. The van der Waals surface area contributed by atoms with E-state index in [9.17, 15) is 0 Å². The summed E-state index contributed by atoms with van der Waals surface area (Å²) in [4.78, 5) is 4.51. The average molecular weight is 257 g/mol. The monoisotopic (exact) mass is 257 g/mol. The Morgan fingerprint density at radius 3 is 2.94 bits per heavy atom. The van der Waals surface area contributed by atoms with Crippen molar-refractivity contribution in [1.82, 2.24) is 9.55 Å². The van der Waals surface area contributed by atoms with E-state index in [-0.39, 0.29) is 0 Å². The van der Waals surface area contributed by atoms with Crippen LogP contribution in [-0.2, 0) is 13.1 Å². The summed E-state index contributed by atoms with van der Waals surface area (Å²) in [5, 5.41) is 4.47. The number of nitrogens with two attached hydrogens (primary N) is 1. The minimum absolute atomic E-state index is 0.568. The second-order valence-corrected chi connectivity index (χ2v) is 5.33. The van der Waals surface area contributed by atoms with E-state index in [4.69, 9.17) is 5.73 Å². The van der Waals surface area contributed by atoms with Gasteiger partial charge in [-0.15, -0.1) is 11.3 Å². The van der Waals surface area contributed by atoms with Crippen molar-refractivity contribution < 1.29 is 0 Å². The van der Waals surface area contributed by atoms with Crippen molar-refractivity contribution in [3.05, 3.63) is 52.1 Å². The summed E-state index contributed by atoms with van der Waals surface area (Å²) in [5.41, 5.74) is 9.32. The van der Waals surface area contributed by atoms with Gasteiger partial charge in [-0.05, 0) is 23.9 Å². The van der Waals surface area contributed by atoms with E-state index in [0.29, 0.717) is 6.54 Å². The molecule has 92 valence electrons. The summed E-state index contributed by atoms with van der Waals surface area (Å²) in [5.74, 6) is 0. The van der Waals surface area contributed by atoms with Crippen molar-refractivity contribution in [2.45, 2.75) is 20.0 Å². The first kappa shape index (κ1) is 11.4. The number of hydrogen-bond donors (Lipinski definition) is 1. The van der Waals surface area contributed by atoms with E-state index in [0.717, 1.165) is 17.2 Å². The molecule has 0 fully saturated rings. The van der Waals surface area contributed by atoms with Crippen molar-refractivity contribution in [3.63, 3.8) is 0 Å². The fourth-order valence-corrected chi connectivity index (χ4v) is 3.03. The summed E-state index contributed by atoms with van der Waals surface area (Å²) in [6.45, 7) is 3.41. The minimum atomic E-state index is 0.568. The van der Waals surface area contributed by atoms with E-state index in [1.807, 2.05) is 6.92 Å². The normalized spacial score (nSPS) is 11.2. The van der Waals surface area contributed by atoms with Gasteiger partial charge in [-0.25, -0.2) is 4.98 Å². The van der Waals surface area contributed by atoms with Crippen molar-refractivity contribution in [3.8, 4) is 0 Å². The first-order valence-electron chi connectivity index (χ1n) is 5.96. The molecule has 2 heterocycles. The molecular formula is C14H15N3S. The Morgan fingerprint density at radius 2 is 2.22 bits per heavy atom. The van der Waals surface area contributed by atoms with Crippen LogP contribution in [0.5, 0.6) is 0 Å². The molecule has 0 saturated heterocycles. The molecule has 4 heteroatoms. The lowest BCUT2D eigenvalue weighted by atomic mass is 10.1. The summed E-state index contributed by atoms with van der Waals surface area (Å²) in [7, 11) is 0. The zero-order valence-electron chi connectivity index (χ0n) is 10.3. The zero-order chi connectivity index (χ0) is 12.5. The van der Waals surface area contributed by atoms with Crippen molar-refractivity contribution in [2.24, 2.45) is 5.73 Å². The van der Waals surface area contributed by atoms with Gasteiger partial charge in [0.25, 0.3) is 0 Å². The second kappa shape index (κ2) is 4.55. The molecule has 3 aromatic rings. The van der Waals surface area contributed by atoms with Crippen LogP contribution in [0.2, 0.25) is 0 Å². The molecule has 0 amide bonds. The summed E-state index contributed by atoms with van der Waals surface area (Å²) < 4.78 is 2.23. The molecule has 0 saturated carbocycles. The lowest BCUT2D eigenvalue weighted by Crippen LogP contribution is -2.03. The number of rotatable bonds is 3. The summed E-state index contributed by atoms with van der Waals surface area (Å²) >= 11 is 1.71. The van der Waals surface area contributed by atoms with Gasteiger partial charge in [0, 0.05) is 23.8 Å². The lowest BCUT2D eigenvalue weighted by molar-refractivity contribution is 0.819. The molecule has 18 heavy (non-hydrogen) atoms. The third kappa shape index (κ3) is 1.94. The SMILES string of the molecule is Cc1csc(Cn2ccc3cccc(CN)c32)n1. The molecule has 3 rings (SSSR count). The van der Waals surface area contributed by atoms with Crippen LogP contribution in [0.3, 0.4) is 0 Å². The van der Waals surface area contributed by atoms with E-state index in [1.54, 1.807) is 11.3 Å². The standard InChI is InChI=1S/C14H15N3S/c1-10-9-18-13(16-10)8-17-6-5-11-3-2-4-12(7-15)14(11)17/h2-6,9H,7-8,15H2,1H3. The Bertz CT molecular complexity index is 681. The predicted molar refractivity (Wildman–Crippen MR) is 75.8 cm³/mol. The molecule has 0 bridgehead atoms. The third-order valence-electron chi connectivity index (χ3n) is 3.06. The first-order valence-corrected chi connectivity index (χ1v) is 6.83. The molecule has 0 aliphatic rings. The zero-order valence-corrected chi connectivity index (χ0v) is 11.1. The molecular weight excluding hydrogens is 242 g/mol. The lowest BCUT2D eigenvalue weighted by Gasteiger charge is -2.07. The molecule has 2 N–H and O–H groups in total. The Balaban J connectivity index is 2.06. The average Bonchev–Trinajstić information content (AvgIpc) is 2.97. The molecule has 0 radical (unpaired) electrons. The van der Waals surface area contributed by atoms with Gasteiger partial charge < -0.3 is 10.3 Å². The number of fused-ring (bicyclic) bond motifs is 1. The molecule has 1 aromatic carbocycles. The van der Waals surface area contributed by atoms with Crippen LogP contribution in [-0.4, -0.2) is 9.55 Å². The van der Waals surface area contributed by atoms with Crippen molar-refractivity contribution >= 4 is 22.2 Å². The molecule has 0 spiro atoms. The van der Waals surface area contributed by atoms with Gasteiger partial charge in [0.1, 0.15) is 5.01 Å². The number of thiazole rings is 1. The number of nitrogens with zero attached hydrogens (tertiary/aromatic N) is 2. The Kier molecular flexibility index (Phi) is 2.89. The maximum Gasteiger partial charge on any atom is 0.113 e. The molecule has 0 aliphatic carbocycles. The highest BCUT2D eigenvalue weighted by Crippen LogP contribution is 2.22. The van der Waals surface area contributed by atoms with Crippen LogP contribution in [0.4, 0.5) is 0 Å². The maximum absolute atomic E-state index is 5.82. The Morgan fingerprint density at radius 1 is 1.33 bits per heavy atom. The van der Waals surface area contributed by atoms with Gasteiger partial charge in [-0.1, -0.05) is 18.2 Å². The number of hydrogen-bond acceptors (Lipinski definition) is 3. The molecule has 0 atom stereocenters. The fourth-order valence-electron chi connectivity index (χ4n) is 2.26. The van der Waals surface area contributed by atoms with Crippen LogP contribution in [0, 0.1) is 6.92 Å². The highest BCUT2D eigenvalue weighted by Gasteiger charge is 2.07. The van der Waals surface area contributed by atoms with E-state index in [1.165, 1.54) is 16.5 Å². The number of aryl methyl sites for hydroxylation is 1. The van der Waals surface area contributed by atoms with Crippen LogP contribution in [0.25, 0.3) is 10.9 Å². The smallest absolute Gasteiger partial charge is 0.113 e. The second-order valence-electron chi connectivity index (χ2n) is 4.39. The van der Waals surface area contributed by atoms with Gasteiger partial charge >= 0.3 is 0 Å². The number of benzene rings is 1. The number of para-hydroxylation sites is 1. The van der Waals surface area contributed by atoms with Gasteiger partial charge in [0.2, 0.25) is 0 Å². The Hall–Kier alpha value is -1.65. The van der Waals surface area contributed by atoms with Crippen LogP contribution in [0.15, 0.2) is 35.8 Å². The van der Waals surface area contributed by atoms with E-state index in [2.05, 4.69) is 45.4 Å². The van der Waals surface area contributed by atoms with Crippen molar-refractivity contribution in [2.75, 3.05) is 0 Å². The predicted octanol–water partition coefficient (Wildman–Crippen LogP) is 2.91. The quantitative estimate of drug-likeness (QED) is 0.784.